The first kappa shape index (κ1) is 18.6. The second kappa shape index (κ2) is 5.53. The normalized spacial score (nSPS) is 64.3. The maximum Gasteiger partial charge on any atom is 0.0771 e. The van der Waals surface area contributed by atoms with Crippen molar-refractivity contribution in [2.24, 2.45) is 40.4 Å². The van der Waals surface area contributed by atoms with Gasteiger partial charge >= 0.3 is 0 Å². The highest BCUT2D eigenvalue weighted by Crippen LogP contribution is 2.78. The molecule has 28 heavy (non-hydrogen) atoms. The first-order chi connectivity index (χ1) is 13.4. The summed E-state index contributed by atoms with van der Waals surface area (Å²) in [7, 11) is 3.61. The van der Waals surface area contributed by atoms with Crippen molar-refractivity contribution in [2.75, 3.05) is 27.3 Å². The molecule has 0 amide bonds. The average molecular weight is 392 g/mol. The molecule has 2 N–H and O–H groups in total. The van der Waals surface area contributed by atoms with E-state index < -0.39 is 5.60 Å². The van der Waals surface area contributed by atoms with Crippen LogP contribution in [0.4, 0.5) is 0 Å². The van der Waals surface area contributed by atoms with Crippen LogP contribution in [0, 0.1) is 40.4 Å². The number of ether oxygens (including phenoxy) is 2. The summed E-state index contributed by atoms with van der Waals surface area (Å²) in [6, 6.07) is 0.309. The van der Waals surface area contributed by atoms with Gasteiger partial charge in [0.1, 0.15) is 0 Å². The van der Waals surface area contributed by atoms with Gasteiger partial charge in [-0.2, -0.15) is 0 Å². The maximum absolute atomic E-state index is 12.4. The zero-order chi connectivity index (χ0) is 19.6. The molecule has 6 fully saturated rings. The van der Waals surface area contributed by atoms with Gasteiger partial charge in [0.15, 0.2) is 0 Å². The zero-order valence-corrected chi connectivity index (χ0v) is 17.8. The topological polar surface area (TPSA) is 62.2 Å². The second-order valence-corrected chi connectivity index (χ2v) is 11.3. The molecular formula is C23H37NO4. The lowest BCUT2D eigenvalue weighted by Crippen LogP contribution is -2.75. The summed E-state index contributed by atoms with van der Waals surface area (Å²) in [5.74, 6) is 1.58. The van der Waals surface area contributed by atoms with Crippen LogP contribution in [0.15, 0.2) is 0 Å². The molecule has 5 heteroatoms. The fraction of sp³-hybridized carbons (Fsp3) is 1.00. The summed E-state index contributed by atoms with van der Waals surface area (Å²) in [4.78, 5) is 2.65. The van der Waals surface area contributed by atoms with Gasteiger partial charge in [-0.15, -0.1) is 0 Å². The van der Waals surface area contributed by atoms with Crippen LogP contribution >= 0.6 is 0 Å². The summed E-state index contributed by atoms with van der Waals surface area (Å²) < 4.78 is 12.0. The Kier molecular flexibility index (Phi) is 3.67. The fourth-order valence-corrected chi connectivity index (χ4v) is 10.4. The molecule has 0 aromatic carbocycles. The molecule has 158 valence electrons. The minimum Gasteiger partial charge on any atom is -0.392 e. The van der Waals surface area contributed by atoms with E-state index in [1.54, 1.807) is 7.11 Å². The molecular weight excluding hydrogens is 354 g/mol. The third kappa shape index (κ3) is 1.73. The van der Waals surface area contributed by atoms with E-state index in [9.17, 15) is 10.2 Å². The van der Waals surface area contributed by atoms with Crippen molar-refractivity contribution >= 4 is 0 Å². The van der Waals surface area contributed by atoms with Crippen LogP contribution in [0.2, 0.25) is 0 Å². The Morgan fingerprint density at radius 1 is 1.14 bits per heavy atom. The van der Waals surface area contributed by atoms with Gasteiger partial charge in [0.05, 0.1) is 23.9 Å². The Labute approximate surface area is 168 Å². The highest BCUT2D eigenvalue weighted by atomic mass is 16.5. The molecule has 5 saturated carbocycles. The van der Waals surface area contributed by atoms with Crippen molar-refractivity contribution in [1.82, 2.24) is 4.90 Å². The average Bonchev–Trinajstić information content (AvgIpc) is 3.16. The number of nitrogens with zero attached hydrogens (tertiary/aromatic N) is 1. The number of fused-ring (bicyclic) bond motifs is 2. The Morgan fingerprint density at radius 2 is 1.93 bits per heavy atom. The highest BCUT2D eigenvalue weighted by Gasteiger charge is 2.83. The number of piperidine rings is 1. The Hall–Kier alpha value is -0.200. The smallest absolute Gasteiger partial charge is 0.0771 e. The lowest BCUT2D eigenvalue weighted by Gasteiger charge is -2.68. The number of hydrogen-bond acceptors (Lipinski definition) is 5. The van der Waals surface area contributed by atoms with Gasteiger partial charge in [0.25, 0.3) is 0 Å². The van der Waals surface area contributed by atoms with Gasteiger partial charge in [-0.3, -0.25) is 4.90 Å². The first-order valence-corrected chi connectivity index (χ1v) is 11.6. The molecule has 1 saturated heterocycles. The van der Waals surface area contributed by atoms with E-state index in [1.807, 2.05) is 7.11 Å². The van der Waals surface area contributed by atoms with Gasteiger partial charge in [0.2, 0.25) is 0 Å². The van der Waals surface area contributed by atoms with E-state index in [0.29, 0.717) is 23.8 Å². The molecule has 5 nitrogen and oxygen atoms in total. The van der Waals surface area contributed by atoms with Crippen molar-refractivity contribution in [2.45, 2.75) is 75.9 Å². The molecule has 1 heterocycles. The molecule has 6 rings (SSSR count). The predicted octanol–water partition coefficient (Wildman–Crippen LogP) is 1.90. The largest absolute Gasteiger partial charge is 0.392 e. The lowest BCUT2D eigenvalue weighted by molar-refractivity contribution is -0.268. The Morgan fingerprint density at radius 3 is 2.61 bits per heavy atom. The summed E-state index contributed by atoms with van der Waals surface area (Å²) in [6.45, 7) is 6.88. The first-order valence-electron chi connectivity index (χ1n) is 11.6. The Balaban J connectivity index is 1.59. The molecule has 0 unspecified atom stereocenters. The minimum absolute atomic E-state index is 0.0580. The monoisotopic (exact) mass is 391 g/mol. The number of aliphatic hydroxyl groups excluding tert-OH is 1. The quantitative estimate of drug-likeness (QED) is 0.770. The van der Waals surface area contributed by atoms with Crippen molar-refractivity contribution < 1.29 is 19.7 Å². The van der Waals surface area contributed by atoms with Crippen LogP contribution in [0.5, 0.6) is 0 Å². The van der Waals surface area contributed by atoms with Gasteiger partial charge < -0.3 is 19.7 Å². The van der Waals surface area contributed by atoms with Gasteiger partial charge in [-0.05, 0) is 49.5 Å². The van der Waals surface area contributed by atoms with Crippen LogP contribution in [0.3, 0.4) is 0 Å². The molecule has 7 bridgehead atoms. The van der Waals surface area contributed by atoms with E-state index in [1.165, 1.54) is 0 Å². The molecule has 5 aliphatic carbocycles. The van der Waals surface area contributed by atoms with Gasteiger partial charge in [-0.25, -0.2) is 0 Å². The number of likely N-dealkylation sites (tertiary alicyclic amines) is 1. The highest BCUT2D eigenvalue weighted by molar-refractivity contribution is 5.32. The van der Waals surface area contributed by atoms with Crippen molar-refractivity contribution in [1.29, 1.82) is 0 Å². The summed E-state index contributed by atoms with van der Waals surface area (Å²) in [5.41, 5.74) is -0.543. The van der Waals surface area contributed by atoms with Crippen molar-refractivity contribution in [3.8, 4) is 0 Å². The summed E-state index contributed by atoms with van der Waals surface area (Å²) >= 11 is 0. The molecule has 12 atom stereocenters. The summed E-state index contributed by atoms with van der Waals surface area (Å²) in [6.07, 6.45) is 4.75. The minimum atomic E-state index is -0.731. The van der Waals surface area contributed by atoms with E-state index in [0.717, 1.165) is 45.2 Å². The van der Waals surface area contributed by atoms with Crippen LogP contribution < -0.4 is 0 Å². The second-order valence-electron chi connectivity index (χ2n) is 11.3. The lowest BCUT2D eigenvalue weighted by atomic mass is 9.43. The van der Waals surface area contributed by atoms with Crippen LogP contribution in [0.25, 0.3) is 0 Å². The van der Waals surface area contributed by atoms with Crippen LogP contribution in [-0.2, 0) is 9.47 Å². The molecule has 1 aliphatic heterocycles. The van der Waals surface area contributed by atoms with Gasteiger partial charge in [-0.1, -0.05) is 13.8 Å². The van der Waals surface area contributed by atoms with Crippen molar-refractivity contribution in [3.63, 3.8) is 0 Å². The Bertz CT molecular complexity index is 688. The molecule has 0 aromatic rings. The van der Waals surface area contributed by atoms with Crippen molar-refractivity contribution in [3.05, 3.63) is 0 Å². The van der Waals surface area contributed by atoms with E-state index >= 15 is 0 Å². The summed E-state index contributed by atoms with van der Waals surface area (Å²) in [5, 5.41) is 24.0. The van der Waals surface area contributed by atoms with Crippen LogP contribution in [-0.4, -0.2) is 72.4 Å². The third-order valence-corrected chi connectivity index (χ3v) is 10.9. The standard InChI is InChI=1S/C23H37NO4/c1-5-24-11-21(2)7-6-17(25)23-13-8-12-15(27-3)10-22(26,18(13)19(12)28-4)14(20(23)24)9-16(21)23/h12-20,25-26H,5-11H2,1-4H3/t12-,13-,14+,15+,16-,17+,18-,19+,20-,21-,22+,23-/m1/s1. The van der Waals surface area contributed by atoms with Crippen LogP contribution in [0.1, 0.15) is 46.0 Å². The zero-order valence-electron chi connectivity index (χ0n) is 17.8. The fourth-order valence-electron chi connectivity index (χ4n) is 10.4. The number of aliphatic hydroxyl groups is 2. The predicted molar refractivity (Wildman–Crippen MR) is 105 cm³/mol. The molecule has 0 aromatic heterocycles. The maximum atomic E-state index is 12.4. The number of methoxy groups -OCH3 is 2. The molecule has 1 spiro atoms. The molecule has 6 aliphatic rings. The third-order valence-electron chi connectivity index (χ3n) is 10.9. The van der Waals surface area contributed by atoms with E-state index in [2.05, 4.69) is 18.7 Å². The van der Waals surface area contributed by atoms with E-state index in [4.69, 9.17) is 9.47 Å². The SMILES string of the molecule is CCN1C[C@@]2(C)CC[C@H](O)[C@@]34[C@@H]5C[C@H]6[C@H](OC)[C@@H]5[C@](O)(C[C@@H]6OC)[C@@H](C[C@H]23)[C@@H]14. The van der Waals surface area contributed by atoms with E-state index in [-0.39, 0.29) is 41.0 Å². The van der Waals surface area contributed by atoms with Gasteiger partial charge in [0, 0.05) is 56.4 Å². The number of hydrogen-bond donors (Lipinski definition) is 2. The molecule has 0 radical (unpaired) electrons. The number of rotatable bonds is 3.